The third kappa shape index (κ3) is 5.43. The normalized spacial score (nSPS) is 14.5. The molecule has 0 bridgehead atoms. The number of sulfonamides is 2. The van der Waals surface area contributed by atoms with Crippen molar-refractivity contribution in [1.82, 2.24) is 5.10 Å². The molecule has 19 heteroatoms. The summed E-state index contributed by atoms with van der Waals surface area (Å²) in [6.07, 6.45) is -12.1. The highest BCUT2D eigenvalue weighted by Crippen LogP contribution is 2.47. The van der Waals surface area contributed by atoms with E-state index in [-0.39, 0.29) is 0 Å². The quantitative estimate of drug-likeness (QED) is 0.692. The Morgan fingerprint density at radius 1 is 0.815 bits per heavy atom. The first-order valence-electron chi connectivity index (χ1n) is 5.74. The molecule has 0 atom stereocenters. The molecule has 1 aromatic rings. The fraction of sp³-hybridized carbons (Fsp3) is 0.625. The lowest BCUT2D eigenvalue weighted by Crippen LogP contribution is -2.48. The van der Waals surface area contributed by atoms with Gasteiger partial charge in [0, 0.05) is 6.07 Å². The number of aromatic amines is 2. The van der Waals surface area contributed by atoms with Gasteiger partial charge >= 0.3 is 22.9 Å². The topological polar surface area (TPSA) is 112 Å². The largest absolute Gasteiger partial charge is 0.467 e. The van der Waals surface area contributed by atoms with Crippen molar-refractivity contribution in [3.05, 3.63) is 22.1 Å². The van der Waals surface area contributed by atoms with Gasteiger partial charge in [-0.05, 0) is 6.92 Å². The molecule has 1 aromatic heterocycles. The maximum absolute atomic E-state index is 12.3. The van der Waals surface area contributed by atoms with Gasteiger partial charge in [0.1, 0.15) is 0 Å². The molecule has 27 heavy (non-hydrogen) atoms. The molecule has 0 unspecified atom stereocenters. The lowest BCUT2D eigenvalue weighted by atomic mass is 10.5. The summed E-state index contributed by atoms with van der Waals surface area (Å²) in [7, 11) is -15.2. The average molecular weight is 463 g/mol. The number of aryl methyl sites for hydroxylation is 1. The standard InChI is InChI=1S/C4F10NO4S2.C4H6N2/c5-1(6,7)3(11,12)20(16,17)15-21(18,19)4(13,14)2(8,9)10;1-4-2-3-5-6-4/h;2-3H,1H3,(H,5,6)/q-1;/p+1. The lowest BCUT2D eigenvalue weighted by molar-refractivity contribution is -0.449. The van der Waals surface area contributed by atoms with Crippen LogP contribution in [0.1, 0.15) is 5.69 Å². The SMILES string of the molecule is Cc1cc[nH+][nH]1.O=S(=O)([N-]S(=O)(=O)C(F)(F)C(F)(F)F)C(F)(F)C(F)(F)F. The molecule has 0 radical (unpaired) electrons. The Bertz CT molecular complexity index is 773. The van der Waals surface area contributed by atoms with E-state index < -0.39 is 42.9 Å². The highest BCUT2D eigenvalue weighted by Gasteiger charge is 2.68. The molecule has 2 N–H and O–H groups in total. The van der Waals surface area contributed by atoms with Gasteiger partial charge in [-0.2, -0.15) is 49.0 Å². The minimum atomic E-state index is -7.62. The summed E-state index contributed by atoms with van der Waals surface area (Å²) < 4.78 is 161. The van der Waals surface area contributed by atoms with Gasteiger partial charge in [0.2, 0.25) is 0 Å². The molecule has 0 amide bonds. The number of nitrogens with zero attached hydrogens (tertiary/aromatic N) is 1. The van der Waals surface area contributed by atoms with Crippen molar-refractivity contribution in [3.8, 4) is 0 Å². The Kier molecular flexibility index (Phi) is 6.97. The summed E-state index contributed by atoms with van der Waals surface area (Å²) in [4.78, 5) is 0. The lowest BCUT2D eigenvalue weighted by Gasteiger charge is -2.31. The summed E-state index contributed by atoms with van der Waals surface area (Å²) in [5, 5.41) is -8.30. The van der Waals surface area contributed by atoms with E-state index >= 15 is 0 Å². The molecule has 1 rings (SSSR count). The van der Waals surface area contributed by atoms with E-state index in [2.05, 4.69) is 10.2 Å². The van der Waals surface area contributed by atoms with Crippen molar-refractivity contribution < 1.29 is 65.8 Å². The Morgan fingerprint density at radius 2 is 1.15 bits per heavy atom. The van der Waals surface area contributed by atoms with Crippen molar-refractivity contribution in [2.24, 2.45) is 0 Å². The summed E-state index contributed by atoms with van der Waals surface area (Å²) in [5.41, 5.74) is 1.16. The number of aromatic nitrogens is 2. The van der Waals surface area contributed by atoms with E-state index in [0.717, 1.165) is 5.69 Å². The molecular formula is C8H7F10N3O4S2. The van der Waals surface area contributed by atoms with Gasteiger partial charge in [-0.3, -0.25) is 0 Å². The summed E-state index contributed by atoms with van der Waals surface area (Å²) in [6, 6.07) is 1.97. The smallest absolute Gasteiger partial charge is 0.425 e. The first kappa shape index (κ1) is 25.4. The fourth-order valence-corrected chi connectivity index (χ4v) is 3.25. The van der Waals surface area contributed by atoms with Crippen LogP contribution in [0.5, 0.6) is 0 Å². The predicted octanol–water partition coefficient (Wildman–Crippen LogP) is 2.47. The van der Waals surface area contributed by atoms with Crippen molar-refractivity contribution >= 4 is 20.0 Å². The second-order valence-electron chi connectivity index (χ2n) is 4.34. The third-order valence-corrected chi connectivity index (χ3v) is 5.52. The molecular weight excluding hydrogens is 456 g/mol. The van der Waals surface area contributed by atoms with E-state index in [1.54, 1.807) is 0 Å². The van der Waals surface area contributed by atoms with E-state index in [1.165, 1.54) is 0 Å². The summed E-state index contributed by atoms with van der Waals surface area (Å²) >= 11 is 0. The molecule has 1 heterocycles. The molecule has 0 aliphatic rings. The molecule has 0 aliphatic carbocycles. The molecule has 0 saturated carbocycles. The molecule has 0 aliphatic heterocycles. The number of hydrogen-bond acceptors (Lipinski definition) is 4. The van der Waals surface area contributed by atoms with Gasteiger partial charge in [0.05, 0.1) is 5.69 Å². The highest BCUT2D eigenvalue weighted by atomic mass is 32.3. The number of alkyl halides is 10. The molecule has 0 spiro atoms. The number of hydrogen-bond donors (Lipinski definition) is 1. The second kappa shape index (κ2) is 7.41. The van der Waals surface area contributed by atoms with E-state index in [1.807, 2.05) is 19.2 Å². The predicted molar refractivity (Wildman–Crippen MR) is 65.3 cm³/mol. The van der Waals surface area contributed by atoms with Crippen LogP contribution in [0.25, 0.3) is 4.13 Å². The van der Waals surface area contributed by atoms with Gasteiger partial charge in [-0.15, -0.1) is 5.10 Å². The number of H-pyrrole nitrogens is 2. The zero-order valence-corrected chi connectivity index (χ0v) is 14.0. The van der Waals surface area contributed by atoms with Gasteiger partial charge in [0.25, 0.3) is 0 Å². The van der Waals surface area contributed by atoms with Crippen LogP contribution in [-0.2, 0) is 20.0 Å². The van der Waals surface area contributed by atoms with Crippen molar-refractivity contribution in [2.75, 3.05) is 0 Å². The second-order valence-corrected chi connectivity index (χ2v) is 7.86. The van der Waals surface area contributed by atoms with Gasteiger partial charge < -0.3 is 4.13 Å². The minimum Gasteiger partial charge on any atom is -0.425 e. The first-order chi connectivity index (χ1) is 11.6. The molecule has 7 nitrogen and oxygen atoms in total. The van der Waals surface area contributed by atoms with E-state index in [0.29, 0.717) is 4.13 Å². The van der Waals surface area contributed by atoms with Gasteiger partial charge in [0.15, 0.2) is 26.2 Å². The maximum atomic E-state index is 12.3. The number of rotatable bonds is 4. The fourth-order valence-electron chi connectivity index (χ4n) is 0.879. The Hall–Kier alpha value is -1.63. The van der Waals surface area contributed by atoms with Crippen LogP contribution >= 0.6 is 0 Å². The van der Waals surface area contributed by atoms with Crippen LogP contribution in [0.4, 0.5) is 43.9 Å². The Morgan fingerprint density at radius 3 is 1.30 bits per heavy atom. The Balaban J connectivity index is 0.000000941. The van der Waals surface area contributed by atoms with Crippen LogP contribution in [0.3, 0.4) is 0 Å². The third-order valence-electron chi connectivity index (χ3n) is 2.19. The van der Waals surface area contributed by atoms with Gasteiger partial charge in [-0.25, -0.2) is 16.8 Å². The highest BCUT2D eigenvalue weighted by molar-refractivity contribution is 8.13. The van der Waals surface area contributed by atoms with Crippen LogP contribution in [-0.4, -0.2) is 44.8 Å². The summed E-state index contributed by atoms with van der Waals surface area (Å²) in [6.45, 7) is 2.00. The van der Waals surface area contributed by atoms with Gasteiger partial charge in [-0.1, -0.05) is 0 Å². The molecule has 160 valence electrons. The van der Waals surface area contributed by atoms with E-state index in [4.69, 9.17) is 0 Å². The molecule has 0 saturated heterocycles. The minimum absolute atomic E-state index is 0.422. The van der Waals surface area contributed by atoms with Crippen molar-refractivity contribution in [3.63, 3.8) is 0 Å². The average Bonchev–Trinajstić information content (AvgIpc) is 2.86. The number of halogens is 10. The van der Waals surface area contributed by atoms with Crippen LogP contribution in [0.2, 0.25) is 0 Å². The number of nitrogens with one attached hydrogen (secondary N) is 2. The van der Waals surface area contributed by atoms with Crippen LogP contribution in [0, 0.1) is 6.92 Å². The van der Waals surface area contributed by atoms with E-state index in [9.17, 15) is 60.7 Å². The summed E-state index contributed by atoms with van der Waals surface area (Å²) in [5.74, 6) is 0. The first-order valence-corrected chi connectivity index (χ1v) is 8.62. The van der Waals surface area contributed by atoms with Crippen LogP contribution < -0.4 is 5.10 Å². The maximum Gasteiger partial charge on any atom is 0.467 e. The monoisotopic (exact) mass is 463 g/mol. The van der Waals surface area contributed by atoms with Crippen LogP contribution in [0.15, 0.2) is 12.3 Å². The zero-order chi connectivity index (χ0) is 22.1. The Labute approximate surface area is 143 Å². The zero-order valence-electron chi connectivity index (χ0n) is 12.3. The molecule has 0 aromatic carbocycles. The van der Waals surface area contributed by atoms with Crippen molar-refractivity contribution in [1.29, 1.82) is 0 Å². The van der Waals surface area contributed by atoms with Crippen molar-refractivity contribution in [2.45, 2.75) is 29.8 Å². The molecule has 0 fully saturated rings.